The van der Waals surface area contributed by atoms with Gasteiger partial charge in [0.25, 0.3) is 0 Å². The number of carbonyl (C=O) groups excluding carboxylic acids is 1. The van der Waals surface area contributed by atoms with Crippen molar-refractivity contribution < 1.29 is 9.18 Å². The highest BCUT2D eigenvalue weighted by Crippen LogP contribution is 2.29. The summed E-state index contributed by atoms with van der Waals surface area (Å²) in [5.74, 6) is 2.44. The fourth-order valence-corrected chi connectivity index (χ4v) is 4.33. The largest absolute Gasteiger partial charge is 0.355 e. The summed E-state index contributed by atoms with van der Waals surface area (Å²) in [6.07, 6.45) is 6.33. The average Bonchev–Trinajstić information content (AvgIpc) is 3.35. The molecular weight excluding hydrogens is 443 g/mol. The van der Waals surface area contributed by atoms with E-state index in [1.165, 1.54) is 12.1 Å². The van der Waals surface area contributed by atoms with Gasteiger partial charge >= 0.3 is 0 Å². The number of aromatic nitrogens is 4. The highest BCUT2D eigenvalue weighted by atomic mass is 19.1. The Morgan fingerprint density at radius 1 is 1.00 bits per heavy atom. The molecule has 0 unspecified atom stereocenters. The molecular formula is C27H27FN6O. The smallest absolute Gasteiger partial charge is 0.225 e. The van der Waals surface area contributed by atoms with Crippen LogP contribution in [0.1, 0.15) is 31.4 Å². The van der Waals surface area contributed by atoms with Crippen molar-refractivity contribution in [2.24, 2.45) is 5.92 Å². The summed E-state index contributed by atoms with van der Waals surface area (Å²) in [6.45, 7) is 3.58. The van der Waals surface area contributed by atoms with E-state index in [1.807, 2.05) is 35.0 Å². The Morgan fingerprint density at radius 2 is 1.74 bits per heavy atom. The third kappa shape index (κ3) is 5.06. The number of halogens is 1. The summed E-state index contributed by atoms with van der Waals surface area (Å²) < 4.78 is 15.5. The van der Waals surface area contributed by atoms with Crippen LogP contribution in [0.2, 0.25) is 0 Å². The van der Waals surface area contributed by atoms with E-state index in [4.69, 9.17) is 9.97 Å². The SMILES string of the molecule is C[C@H](Nc1nccc(-n2cc(N3CCC(C=O)CC3)nc2-c2ccc(F)cc2)n1)c1ccccc1. The molecule has 0 bridgehead atoms. The number of imidazole rings is 1. The van der Waals surface area contributed by atoms with Crippen LogP contribution < -0.4 is 10.2 Å². The summed E-state index contributed by atoms with van der Waals surface area (Å²) in [5, 5.41) is 3.37. The molecule has 1 aliphatic heterocycles. The third-order valence-corrected chi connectivity index (χ3v) is 6.38. The highest BCUT2D eigenvalue weighted by molar-refractivity contribution is 5.62. The van der Waals surface area contributed by atoms with Crippen LogP contribution in [0, 0.1) is 11.7 Å². The number of benzene rings is 2. The van der Waals surface area contributed by atoms with E-state index >= 15 is 0 Å². The molecule has 178 valence electrons. The standard InChI is InChI=1S/C27H27FN6O/c1-19(21-5-3-2-4-6-21)30-27-29-14-11-24(32-27)34-17-25(33-15-12-20(18-35)13-16-33)31-26(34)22-7-9-23(28)10-8-22/h2-11,14,17-20H,12-13,15-16H2,1H3,(H,29,30,32)/t19-/m0/s1. The van der Waals surface area contributed by atoms with Crippen LogP contribution >= 0.6 is 0 Å². The number of hydrogen-bond donors (Lipinski definition) is 1. The Kier molecular flexibility index (Phi) is 6.52. The van der Waals surface area contributed by atoms with Crippen LogP contribution in [-0.2, 0) is 4.79 Å². The Balaban J connectivity index is 1.48. The number of carbonyl (C=O) groups is 1. The molecule has 0 amide bonds. The van der Waals surface area contributed by atoms with Crippen molar-refractivity contribution in [2.45, 2.75) is 25.8 Å². The second-order valence-electron chi connectivity index (χ2n) is 8.78. The van der Waals surface area contributed by atoms with Crippen LogP contribution in [0.5, 0.6) is 0 Å². The molecule has 1 aliphatic rings. The zero-order chi connectivity index (χ0) is 24.2. The number of nitrogens with one attached hydrogen (secondary N) is 1. The second kappa shape index (κ2) is 10.0. The van der Waals surface area contributed by atoms with Crippen molar-refractivity contribution in [1.29, 1.82) is 0 Å². The maximum absolute atomic E-state index is 13.6. The van der Waals surface area contributed by atoms with Gasteiger partial charge in [0.05, 0.1) is 12.2 Å². The summed E-state index contributed by atoms with van der Waals surface area (Å²) >= 11 is 0. The van der Waals surface area contributed by atoms with Gasteiger partial charge in [0.2, 0.25) is 5.95 Å². The molecule has 2 aromatic carbocycles. The molecule has 0 aliphatic carbocycles. The van der Waals surface area contributed by atoms with E-state index in [0.717, 1.165) is 49.2 Å². The first kappa shape index (κ1) is 22.7. The minimum absolute atomic E-state index is 0.0282. The fraction of sp³-hybridized carbons (Fsp3) is 0.259. The van der Waals surface area contributed by atoms with Crippen LogP contribution in [0.25, 0.3) is 17.2 Å². The monoisotopic (exact) mass is 470 g/mol. The molecule has 0 spiro atoms. The molecule has 0 saturated carbocycles. The zero-order valence-corrected chi connectivity index (χ0v) is 19.5. The average molecular weight is 471 g/mol. The lowest BCUT2D eigenvalue weighted by atomic mass is 9.99. The predicted octanol–water partition coefficient (Wildman–Crippen LogP) is 5.06. The first-order valence-corrected chi connectivity index (χ1v) is 11.8. The van der Waals surface area contributed by atoms with E-state index in [0.29, 0.717) is 17.6 Å². The number of nitrogens with zero attached hydrogens (tertiary/aromatic N) is 5. The molecule has 4 aromatic rings. The van der Waals surface area contributed by atoms with Gasteiger partial charge in [-0.1, -0.05) is 30.3 Å². The lowest BCUT2D eigenvalue weighted by Gasteiger charge is -2.29. The molecule has 1 fully saturated rings. The van der Waals surface area contributed by atoms with Gasteiger partial charge in [-0.15, -0.1) is 0 Å². The van der Waals surface area contributed by atoms with Crippen molar-refractivity contribution in [3.05, 3.63) is 84.4 Å². The maximum Gasteiger partial charge on any atom is 0.225 e. The van der Waals surface area contributed by atoms with Crippen molar-refractivity contribution in [2.75, 3.05) is 23.3 Å². The minimum Gasteiger partial charge on any atom is -0.355 e. The van der Waals surface area contributed by atoms with Gasteiger partial charge in [0, 0.05) is 30.8 Å². The molecule has 35 heavy (non-hydrogen) atoms. The van der Waals surface area contributed by atoms with Gasteiger partial charge in [-0.3, -0.25) is 4.57 Å². The lowest BCUT2D eigenvalue weighted by Crippen LogP contribution is -2.34. The van der Waals surface area contributed by atoms with Gasteiger partial charge in [-0.25, -0.2) is 14.4 Å². The highest BCUT2D eigenvalue weighted by Gasteiger charge is 2.23. The normalized spacial score (nSPS) is 15.1. The summed E-state index contributed by atoms with van der Waals surface area (Å²) in [4.78, 5) is 27.4. The first-order chi connectivity index (χ1) is 17.1. The van der Waals surface area contributed by atoms with Crippen LogP contribution in [0.15, 0.2) is 73.1 Å². The topological polar surface area (TPSA) is 75.9 Å². The van der Waals surface area contributed by atoms with Crippen LogP contribution in [0.3, 0.4) is 0 Å². The molecule has 3 heterocycles. The lowest BCUT2D eigenvalue weighted by molar-refractivity contribution is -0.111. The van der Waals surface area contributed by atoms with Gasteiger partial charge in [0.15, 0.2) is 0 Å². The van der Waals surface area contributed by atoms with Crippen LogP contribution in [0.4, 0.5) is 16.2 Å². The summed E-state index contributed by atoms with van der Waals surface area (Å²) in [7, 11) is 0. The van der Waals surface area contributed by atoms with E-state index in [2.05, 4.69) is 34.3 Å². The number of aldehydes is 1. The molecule has 1 N–H and O–H groups in total. The van der Waals surface area contributed by atoms with Gasteiger partial charge < -0.3 is 15.0 Å². The quantitative estimate of drug-likeness (QED) is 0.381. The molecule has 1 atom stereocenters. The molecule has 1 saturated heterocycles. The number of piperidine rings is 1. The first-order valence-electron chi connectivity index (χ1n) is 11.8. The predicted molar refractivity (Wildman–Crippen MR) is 134 cm³/mol. The van der Waals surface area contributed by atoms with E-state index < -0.39 is 0 Å². The number of rotatable bonds is 7. The number of anilines is 2. The zero-order valence-electron chi connectivity index (χ0n) is 19.5. The van der Waals surface area contributed by atoms with Crippen LogP contribution in [-0.4, -0.2) is 38.9 Å². The second-order valence-corrected chi connectivity index (χ2v) is 8.78. The Hall–Kier alpha value is -4.07. The van der Waals surface area contributed by atoms with E-state index in [9.17, 15) is 9.18 Å². The van der Waals surface area contributed by atoms with E-state index in [-0.39, 0.29) is 17.8 Å². The van der Waals surface area contributed by atoms with Gasteiger partial charge in [-0.2, -0.15) is 4.98 Å². The van der Waals surface area contributed by atoms with Gasteiger partial charge in [-0.05, 0) is 55.7 Å². The molecule has 0 radical (unpaired) electrons. The Bertz CT molecular complexity index is 1280. The summed E-state index contributed by atoms with van der Waals surface area (Å²) in [5.41, 5.74) is 1.92. The Labute approximate surface area is 203 Å². The Morgan fingerprint density at radius 3 is 2.46 bits per heavy atom. The number of hydrogen-bond acceptors (Lipinski definition) is 6. The third-order valence-electron chi connectivity index (χ3n) is 6.38. The fourth-order valence-electron chi connectivity index (χ4n) is 4.33. The molecule has 5 rings (SSSR count). The molecule has 7 nitrogen and oxygen atoms in total. The van der Waals surface area contributed by atoms with Crippen molar-refractivity contribution in [1.82, 2.24) is 19.5 Å². The minimum atomic E-state index is -0.300. The maximum atomic E-state index is 13.6. The van der Waals surface area contributed by atoms with Crippen molar-refractivity contribution in [3.8, 4) is 17.2 Å². The van der Waals surface area contributed by atoms with E-state index in [1.54, 1.807) is 18.3 Å². The van der Waals surface area contributed by atoms with Crippen molar-refractivity contribution in [3.63, 3.8) is 0 Å². The molecule has 8 heteroatoms. The van der Waals surface area contributed by atoms with Crippen molar-refractivity contribution >= 4 is 18.1 Å². The summed E-state index contributed by atoms with van der Waals surface area (Å²) in [6, 6.07) is 18.3. The van der Waals surface area contributed by atoms with Gasteiger partial charge in [0.1, 0.15) is 29.6 Å². The molecule has 2 aromatic heterocycles.